The normalized spacial score (nSPS) is 22.7. The summed E-state index contributed by atoms with van der Waals surface area (Å²) in [5.41, 5.74) is -0.0331. The molecule has 2 aliphatic carbocycles. The number of carbonyl (C=O) groups excluding carboxylic acids is 4. The number of furan rings is 1. The van der Waals surface area contributed by atoms with Crippen LogP contribution in [0.15, 0.2) is 39.2 Å². The molecule has 0 bridgehead atoms. The molecule has 0 unspecified atom stereocenters. The van der Waals surface area contributed by atoms with Gasteiger partial charge in [-0.25, -0.2) is 0 Å². The summed E-state index contributed by atoms with van der Waals surface area (Å²) in [7, 11) is 0. The van der Waals surface area contributed by atoms with E-state index in [1.54, 1.807) is 6.92 Å². The Morgan fingerprint density at radius 1 is 0.871 bits per heavy atom. The van der Waals surface area contributed by atoms with Crippen LogP contribution in [0.25, 0.3) is 0 Å². The van der Waals surface area contributed by atoms with E-state index in [0.717, 1.165) is 0 Å². The van der Waals surface area contributed by atoms with Crippen LogP contribution in [0.1, 0.15) is 87.8 Å². The van der Waals surface area contributed by atoms with Crippen molar-refractivity contribution in [3.8, 4) is 0 Å². The summed E-state index contributed by atoms with van der Waals surface area (Å²) >= 11 is 0. The van der Waals surface area contributed by atoms with Gasteiger partial charge in [0.25, 0.3) is 0 Å². The third kappa shape index (κ3) is 3.73. The van der Waals surface area contributed by atoms with Crippen molar-refractivity contribution >= 4 is 23.1 Å². The van der Waals surface area contributed by atoms with E-state index in [2.05, 4.69) is 0 Å². The molecule has 0 N–H and O–H groups in total. The molecule has 0 radical (unpaired) electrons. The molecule has 1 aromatic rings. The fourth-order valence-corrected chi connectivity index (χ4v) is 4.87. The Balaban J connectivity index is 1.84. The van der Waals surface area contributed by atoms with E-state index in [9.17, 15) is 19.2 Å². The summed E-state index contributed by atoms with van der Waals surface area (Å²) in [5.74, 6) is -1.01. The second-order valence-electron chi connectivity index (χ2n) is 10.4. The van der Waals surface area contributed by atoms with Gasteiger partial charge in [0, 0.05) is 43.3 Å². The lowest BCUT2D eigenvalue weighted by Gasteiger charge is -2.42. The summed E-state index contributed by atoms with van der Waals surface area (Å²) in [6, 6.07) is 2.93. The quantitative estimate of drug-likeness (QED) is 0.633. The minimum atomic E-state index is -1.04. The van der Waals surface area contributed by atoms with Crippen molar-refractivity contribution in [2.75, 3.05) is 0 Å². The van der Waals surface area contributed by atoms with Gasteiger partial charge in [-0.05, 0) is 23.0 Å². The van der Waals surface area contributed by atoms with Gasteiger partial charge in [-0.3, -0.25) is 19.2 Å². The predicted octanol–water partition coefficient (Wildman–Crippen LogP) is 4.99. The molecular formula is C25H28O6. The number of ketones is 4. The first-order chi connectivity index (χ1) is 14.4. The highest BCUT2D eigenvalue weighted by atomic mass is 16.5. The van der Waals surface area contributed by atoms with Gasteiger partial charge in [-0.1, -0.05) is 34.6 Å². The molecule has 3 aliphatic rings. The van der Waals surface area contributed by atoms with Crippen LogP contribution < -0.4 is 0 Å². The fraction of sp³-hybridized carbons (Fsp3) is 0.520. The minimum Gasteiger partial charge on any atom is -0.465 e. The van der Waals surface area contributed by atoms with Crippen LogP contribution in [0.2, 0.25) is 0 Å². The van der Waals surface area contributed by atoms with Gasteiger partial charge in [0.2, 0.25) is 5.78 Å². The number of rotatable bonds is 4. The van der Waals surface area contributed by atoms with E-state index in [4.69, 9.17) is 9.15 Å². The SMILES string of the molecule is CCC(=O)c1ccc(C(=O)C2C3=C(CC(C)(C)CC3=O)OC3=C2C(=O)CC(C)(C)C3)o1. The fourth-order valence-electron chi connectivity index (χ4n) is 4.87. The van der Waals surface area contributed by atoms with Crippen molar-refractivity contribution in [1.29, 1.82) is 0 Å². The van der Waals surface area contributed by atoms with Crippen LogP contribution in [0, 0.1) is 16.7 Å². The molecule has 0 atom stereocenters. The Bertz CT molecular complexity index is 1020. The van der Waals surface area contributed by atoms with Crippen LogP contribution in [-0.2, 0) is 14.3 Å². The van der Waals surface area contributed by atoms with E-state index in [0.29, 0.717) is 24.4 Å². The molecule has 2 heterocycles. The molecule has 6 heteroatoms. The van der Waals surface area contributed by atoms with Gasteiger partial charge >= 0.3 is 0 Å². The Morgan fingerprint density at radius 3 is 1.84 bits per heavy atom. The van der Waals surface area contributed by atoms with E-state index >= 15 is 0 Å². The van der Waals surface area contributed by atoms with Gasteiger partial charge in [-0.2, -0.15) is 0 Å². The Kier molecular flexibility index (Phi) is 4.95. The highest BCUT2D eigenvalue weighted by Crippen LogP contribution is 2.51. The maximum Gasteiger partial charge on any atom is 0.210 e. The zero-order valence-electron chi connectivity index (χ0n) is 18.7. The third-order valence-corrected chi connectivity index (χ3v) is 6.29. The van der Waals surface area contributed by atoms with Crippen LogP contribution >= 0.6 is 0 Å². The molecule has 6 nitrogen and oxygen atoms in total. The first-order valence-corrected chi connectivity index (χ1v) is 10.8. The number of allylic oxidation sites excluding steroid dienone is 4. The number of Topliss-reactive ketones (excluding diaryl/α,β-unsaturated/α-hetero) is 4. The molecule has 0 aromatic carbocycles. The molecule has 0 saturated heterocycles. The summed E-state index contributed by atoms with van der Waals surface area (Å²) in [6.45, 7) is 9.67. The third-order valence-electron chi connectivity index (χ3n) is 6.29. The zero-order valence-corrected chi connectivity index (χ0v) is 18.7. The standard InChI is InChI=1S/C25H28O6/c1-6-13(26)16-7-8-17(30-16)23(29)22-20-14(27)9-24(2,3)11-18(20)31-19-12-25(4,5)10-15(28)21(19)22/h7-8,22H,6,9-12H2,1-5H3. The molecule has 4 rings (SSSR count). The van der Waals surface area contributed by atoms with Crippen molar-refractivity contribution in [2.24, 2.45) is 16.7 Å². The van der Waals surface area contributed by atoms with Gasteiger partial charge < -0.3 is 9.15 Å². The average Bonchev–Trinajstić information content (AvgIpc) is 3.13. The molecule has 0 amide bonds. The highest BCUT2D eigenvalue weighted by Gasteiger charge is 2.50. The molecule has 0 saturated carbocycles. The summed E-state index contributed by atoms with van der Waals surface area (Å²) in [4.78, 5) is 51.9. The number of carbonyl (C=O) groups is 4. The van der Waals surface area contributed by atoms with E-state index in [-0.39, 0.29) is 70.1 Å². The average molecular weight is 424 g/mol. The monoisotopic (exact) mass is 424 g/mol. The number of ether oxygens (including phenoxy) is 1. The molecule has 0 fully saturated rings. The molecule has 1 aromatic heterocycles. The van der Waals surface area contributed by atoms with Crippen molar-refractivity contribution in [3.63, 3.8) is 0 Å². The molecule has 31 heavy (non-hydrogen) atoms. The van der Waals surface area contributed by atoms with Crippen molar-refractivity contribution < 1.29 is 28.3 Å². The lowest BCUT2D eigenvalue weighted by molar-refractivity contribution is -0.120. The molecule has 0 spiro atoms. The largest absolute Gasteiger partial charge is 0.465 e. The number of hydrogen-bond donors (Lipinski definition) is 0. The summed E-state index contributed by atoms with van der Waals surface area (Å²) in [6.07, 6.45) is 1.84. The zero-order chi connectivity index (χ0) is 22.7. The summed E-state index contributed by atoms with van der Waals surface area (Å²) in [5, 5.41) is 0. The van der Waals surface area contributed by atoms with Gasteiger partial charge in [0.15, 0.2) is 28.9 Å². The molecular weight excluding hydrogens is 396 g/mol. The van der Waals surface area contributed by atoms with Gasteiger partial charge in [-0.15, -0.1) is 0 Å². The molecule has 164 valence electrons. The Labute approximate surface area is 181 Å². The van der Waals surface area contributed by atoms with E-state index in [1.807, 2.05) is 27.7 Å². The predicted molar refractivity (Wildman–Crippen MR) is 112 cm³/mol. The maximum atomic E-state index is 13.6. The lowest BCUT2D eigenvalue weighted by Crippen LogP contribution is -2.41. The second kappa shape index (κ2) is 7.14. The van der Waals surface area contributed by atoms with Crippen LogP contribution in [0.4, 0.5) is 0 Å². The minimum absolute atomic E-state index is 0.0160. The van der Waals surface area contributed by atoms with Gasteiger partial charge in [0.1, 0.15) is 11.5 Å². The Hall–Kier alpha value is -2.76. The van der Waals surface area contributed by atoms with Crippen molar-refractivity contribution in [1.82, 2.24) is 0 Å². The smallest absolute Gasteiger partial charge is 0.210 e. The maximum absolute atomic E-state index is 13.6. The van der Waals surface area contributed by atoms with Crippen LogP contribution in [0.5, 0.6) is 0 Å². The Morgan fingerprint density at radius 2 is 1.35 bits per heavy atom. The van der Waals surface area contributed by atoms with Crippen molar-refractivity contribution in [2.45, 2.75) is 66.7 Å². The first-order valence-electron chi connectivity index (χ1n) is 10.8. The van der Waals surface area contributed by atoms with E-state index < -0.39 is 11.7 Å². The number of hydrogen-bond acceptors (Lipinski definition) is 6. The van der Waals surface area contributed by atoms with Gasteiger partial charge in [0.05, 0.1) is 5.92 Å². The lowest BCUT2D eigenvalue weighted by atomic mass is 9.66. The van der Waals surface area contributed by atoms with Crippen molar-refractivity contribution in [3.05, 3.63) is 46.3 Å². The first kappa shape index (κ1) is 21.5. The second-order valence-corrected chi connectivity index (χ2v) is 10.4. The molecule has 1 aliphatic heterocycles. The topological polar surface area (TPSA) is 90.6 Å². The highest BCUT2D eigenvalue weighted by molar-refractivity contribution is 6.15. The van der Waals surface area contributed by atoms with Crippen LogP contribution in [0.3, 0.4) is 0 Å². The van der Waals surface area contributed by atoms with Crippen LogP contribution in [-0.4, -0.2) is 23.1 Å². The summed E-state index contributed by atoms with van der Waals surface area (Å²) < 4.78 is 11.7. The van der Waals surface area contributed by atoms with E-state index in [1.165, 1.54) is 12.1 Å².